The summed E-state index contributed by atoms with van der Waals surface area (Å²) in [4.78, 5) is 0. The molecule has 1 aromatic carbocycles. The van der Waals surface area contributed by atoms with Crippen LogP contribution >= 0.6 is 0 Å². The largest absolute Gasteiger partial charge is 0.399 e. The third-order valence-corrected chi connectivity index (χ3v) is 1.25. The van der Waals surface area contributed by atoms with Gasteiger partial charge in [0.05, 0.1) is 6.61 Å². The van der Waals surface area contributed by atoms with E-state index in [9.17, 15) is 4.39 Å². The quantitative estimate of drug-likeness (QED) is 0.571. The van der Waals surface area contributed by atoms with Gasteiger partial charge in [-0.05, 0) is 12.1 Å². The van der Waals surface area contributed by atoms with E-state index in [1.54, 1.807) is 6.07 Å². The van der Waals surface area contributed by atoms with Gasteiger partial charge in [-0.3, -0.25) is 0 Å². The zero-order valence-corrected chi connectivity index (χ0v) is 5.34. The van der Waals surface area contributed by atoms with E-state index in [-0.39, 0.29) is 12.2 Å². The topological polar surface area (TPSA) is 46.2 Å². The molecule has 3 heteroatoms. The van der Waals surface area contributed by atoms with Crippen molar-refractivity contribution in [2.24, 2.45) is 0 Å². The Labute approximate surface area is 58.1 Å². The van der Waals surface area contributed by atoms with Gasteiger partial charge >= 0.3 is 0 Å². The number of rotatable bonds is 1. The van der Waals surface area contributed by atoms with E-state index in [0.29, 0.717) is 5.69 Å². The molecule has 0 saturated carbocycles. The fourth-order valence-electron chi connectivity index (χ4n) is 0.692. The summed E-state index contributed by atoms with van der Waals surface area (Å²) in [5.74, 6) is -0.456. The molecule has 1 aromatic rings. The summed E-state index contributed by atoms with van der Waals surface area (Å²) < 4.78 is 12.6. The molecule has 0 aliphatic rings. The number of aliphatic hydroxyl groups is 1. The maximum absolute atomic E-state index is 12.6. The molecule has 0 atom stereocenters. The number of halogens is 1. The molecular weight excluding hydrogens is 133 g/mol. The van der Waals surface area contributed by atoms with E-state index in [2.05, 4.69) is 0 Å². The van der Waals surface area contributed by atoms with Crippen LogP contribution < -0.4 is 5.73 Å². The van der Waals surface area contributed by atoms with Crippen LogP contribution in [-0.4, -0.2) is 5.11 Å². The molecule has 0 heterocycles. The third-order valence-electron chi connectivity index (χ3n) is 1.25. The van der Waals surface area contributed by atoms with Crippen LogP contribution in [0.5, 0.6) is 0 Å². The first-order chi connectivity index (χ1) is 4.74. The van der Waals surface area contributed by atoms with Crippen molar-refractivity contribution in [3.05, 3.63) is 29.6 Å². The Kier molecular flexibility index (Phi) is 1.87. The van der Waals surface area contributed by atoms with Crippen LogP contribution in [0.1, 0.15) is 5.56 Å². The van der Waals surface area contributed by atoms with Gasteiger partial charge in [-0.15, -0.1) is 0 Å². The lowest BCUT2D eigenvalue weighted by Crippen LogP contribution is -1.92. The van der Waals surface area contributed by atoms with Crippen molar-refractivity contribution < 1.29 is 9.50 Å². The maximum atomic E-state index is 12.6. The summed E-state index contributed by atoms with van der Waals surface area (Å²) in [6.07, 6.45) is 0. The summed E-state index contributed by atoms with van der Waals surface area (Å²) in [5, 5.41) is 8.53. The van der Waals surface area contributed by atoms with E-state index in [0.717, 1.165) is 0 Å². The van der Waals surface area contributed by atoms with Gasteiger partial charge in [-0.2, -0.15) is 0 Å². The smallest absolute Gasteiger partial charge is 0.130 e. The van der Waals surface area contributed by atoms with Gasteiger partial charge in [0.25, 0.3) is 0 Å². The van der Waals surface area contributed by atoms with Gasteiger partial charge in [0.15, 0.2) is 0 Å². The fourth-order valence-corrected chi connectivity index (χ4v) is 0.692. The Morgan fingerprint density at radius 1 is 1.50 bits per heavy atom. The molecule has 0 unspecified atom stereocenters. The minimum atomic E-state index is -0.456. The van der Waals surface area contributed by atoms with Crippen LogP contribution in [0.4, 0.5) is 10.1 Å². The summed E-state index contributed by atoms with van der Waals surface area (Å²) in [5.41, 5.74) is 5.90. The molecule has 0 aliphatic carbocycles. The predicted molar refractivity (Wildman–Crippen MR) is 36.7 cm³/mol. The van der Waals surface area contributed by atoms with Crippen molar-refractivity contribution >= 4 is 5.69 Å². The third kappa shape index (κ3) is 1.25. The van der Waals surface area contributed by atoms with Gasteiger partial charge < -0.3 is 10.8 Å². The van der Waals surface area contributed by atoms with Gasteiger partial charge in [0, 0.05) is 11.3 Å². The van der Waals surface area contributed by atoms with Crippen molar-refractivity contribution in [2.75, 3.05) is 5.73 Å². The standard InChI is InChI=1S/C7H8FNO/c8-7-3-6(9)2-1-5(7)4-10/h1-3,10H,4,9H2. The summed E-state index contributed by atoms with van der Waals surface area (Å²) in [6, 6.07) is 4.20. The summed E-state index contributed by atoms with van der Waals surface area (Å²) >= 11 is 0. The van der Waals surface area contributed by atoms with Crippen LogP contribution in [0.3, 0.4) is 0 Å². The second-order valence-electron chi connectivity index (χ2n) is 2.01. The average Bonchev–Trinajstić information content (AvgIpc) is 1.88. The molecular formula is C7H8FNO. The minimum absolute atomic E-state index is 0.272. The second kappa shape index (κ2) is 2.66. The SMILES string of the molecule is Nc1ccc(CO)c(F)c1. The van der Waals surface area contributed by atoms with Crippen LogP contribution in [0.25, 0.3) is 0 Å². The average molecular weight is 141 g/mol. The number of anilines is 1. The number of nitrogens with two attached hydrogens (primary N) is 1. The summed E-state index contributed by atoms with van der Waals surface area (Å²) in [6.45, 7) is -0.286. The lowest BCUT2D eigenvalue weighted by atomic mass is 10.2. The van der Waals surface area contributed by atoms with Crippen LogP contribution in [0, 0.1) is 5.82 Å². The molecule has 54 valence electrons. The minimum Gasteiger partial charge on any atom is -0.399 e. The fraction of sp³-hybridized carbons (Fsp3) is 0.143. The predicted octanol–water partition coefficient (Wildman–Crippen LogP) is 0.900. The number of hydrogen-bond acceptors (Lipinski definition) is 2. The highest BCUT2D eigenvalue weighted by molar-refractivity contribution is 5.40. The molecule has 0 aromatic heterocycles. The van der Waals surface area contributed by atoms with E-state index in [1.807, 2.05) is 0 Å². The molecule has 3 N–H and O–H groups in total. The van der Waals surface area contributed by atoms with E-state index in [4.69, 9.17) is 10.8 Å². The van der Waals surface area contributed by atoms with Crippen LogP contribution in [0.2, 0.25) is 0 Å². The zero-order chi connectivity index (χ0) is 7.56. The Bertz CT molecular complexity index is 237. The van der Waals surface area contributed by atoms with Gasteiger partial charge in [-0.25, -0.2) is 4.39 Å². The Morgan fingerprint density at radius 2 is 2.20 bits per heavy atom. The second-order valence-corrected chi connectivity index (χ2v) is 2.01. The molecule has 0 saturated heterocycles. The van der Waals surface area contributed by atoms with Gasteiger partial charge in [-0.1, -0.05) is 6.07 Å². The molecule has 0 amide bonds. The van der Waals surface area contributed by atoms with Crippen LogP contribution in [-0.2, 0) is 6.61 Å². The normalized spacial score (nSPS) is 9.80. The first kappa shape index (κ1) is 7.02. The highest BCUT2D eigenvalue weighted by Gasteiger charge is 1.98. The highest BCUT2D eigenvalue weighted by Crippen LogP contribution is 2.10. The molecule has 0 radical (unpaired) electrons. The first-order valence-electron chi connectivity index (χ1n) is 2.89. The van der Waals surface area contributed by atoms with Gasteiger partial charge in [0.2, 0.25) is 0 Å². The van der Waals surface area contributed by atoms with Crippen LogP contribution in [0.15, 0.2) is 18.2 Å². The van der Waals surface area contributed by atoms with E-state index >= 15 is 0 Å². The Morgan fingerprint density at radius 3 is 2.70 bits per heavy atom. The van der Waals surface area contributed by atoms with Crippen molar-refractivity contribution in [1.82, 2.24) is 0 Å². The molecule has 1 rings (SSSR count). The Balaban J connectivity index is 3.07. The van der Waals surface area contributed by atoms with E-state index < -0.39 is 5.82 Å². The molecule has 10 heavy (non-hydrogen) atoms. The van der Waals surface area contributed by atoms with Gasteiger partial charge in [0.1, 0.15) is 5.82 Å². The van der Waals surface area contributed by atoms with Crippen molar-refractivity contribution in [1.29, 1.82) is 0 Å². The molecule has 0 aliphatic heterocycles. The lowest BCUT2D eigenvalue weighted by Gasteiger charge is -1.98. The monoisotopic (exact) mass is 141 g/mol. The number of aliphatic hydroxyl groups excluding tert-OH is 1. The first-order valence-corrected chi connectivity index (χ1v) is 2.89. The maximum Gasteiger partial charge on any atom is 0.130 e. The number of benzene rings is 1. The number of nitrogen functional groups attached to an aromatic ring is 1. The molecule has 0 spiro atoms. The molecule has 0 bridgehead atoms. The lowest BCUT2D eigenvalue weighted by molar-refractivity contribution is 0.276. The highest BCUT2D eigenvalue weighted by atomic mass is 19.1. The zero-order valence-electron chi connectivity index (χ0n) is 5.34. The summed E-state index contributed by atoms with van der Waals surface area (Å²) in [7, 11) is 0. The molecule has 2 nitrogen and oxygen atoms in total. The number of hydrogen-bond donors (Lipinski definition) is 2. The van der Waals surface area contributed by atoms with Crippen molar-refractivity contribution in [3.63, 3.8) is 0 Å². The molecule has 0 fully saturated rings. The Hall–Kier alpha value is -1.09. The van der Waals surface area contributed by atoms with Crippen molar-refractivity contribution in [2.45, 2.75) is 6.61 Å². The van der Waals surface area contributed by atoms with Crippen molar-refractivity contribution in [3.8, 4) is 0 Å². The van der Waals surface area contributed by atoms with E-state index in [1.165, 1.54) is 12.1 Å².